The topological polar surface area (TPSA) is 88.2 Å². The van der Waals surface area contributed by atoms with E-state index in [1.807, 2.05) is 0 Å². The molecule has 6 nitrogen and oxygen atoms in total. The summed E-state index contributed by atoms with van der Waals surface area (Å²) >= 11 is 0. The number of amides is 1. The maximum atomic E-state index is 13.2. The normalized spacial score (nSPS) is 11.9. The predicted octanol–water partition coefficient (Wildman–Crippen LogP) is 2.94. The average molecular weight is 327 g/mol. The minimum atomic E-state index is -1.08. The van der Waals surface area contributed by atoms with Crippen LogP contribution in [0.15, 0.2) is 59.4 Å². The molecule has 0 aliphatic heterocycles. The summed E-state index contributed by atoms with van der Waals surface area (Å²) in [5.74, 6) is -0.442. The van der Waals surface area contributed by atoms with Crippen molar-refractivity contribution in [2.45, 2.75) is 12.5 Å². The van der Waals surface area contributed by atoms with Gasteiger partial charge >= 0.3 is 0 Å². The van der Waals surface area contributed by atoms with Crippen molar-refractivity contribution in [3.63, 3.8) is 0 Å². The van der Waals surface area contributed by atoms with Crippen molar-refractivity contribution >= 4 is 11.6 Å². The standard InChI is InChI=1S/C17H14FN3O3/c18-13-5-1-3-11(7-13)15(22)9-16(23)20-14-6-2-4-12(8-14)17-19-10-24-21-17/h1-8,10,15,22H,9H2,(H,20,23). The number of carbonyl (C=O) groups is 1. The molecule has 0 saturated heterocycles. The molecule has 2 N–H and O–H groups in total. The van der Waals surface area contributed by atoms with Gasteiger partial charge in [-0.05, 0) is 29.8 Å². The van der Waals surface area contributed by atoms with E-state index in [-0.39, 0.29) is 6.42 Å². The Labute approximate surface area is 136 Å². The minimum Gasteiger partial charge on any atom is -0.388 e. The van der Waals surface area contributed by atoms with Crippen LogP contribution in [0.5, 0.6) is 0 Å². The van der Waals surface area contributed by atoms with Crippen LogP contribution in [0.4, 0.5) is 10.1 Å². The molecule has 0 aliphatic rings. The number of hydrogen-bond acceptors (Lipinski definition) is 5. The highest BCUT2D eigenvalue weighted by Gasteiger charge is 2.14. The van der Waals surface area contributed by atoms with Crippen LogP contribution < -0.4 is 5.32 Å². The summed E-state index contributed by atoms with van der Waals surface area (Å²) in [6, 6.07) is 12.5. The molecule has 1 amide bonds. The summed E-state index contributed by atoms with van der Waals surface area (Å²) in [5.41, 5.74) is 1.58. The van der Waals surface area contributed by atoms with Crippen molar-refractivity contribution in [2.75, 3.05) is 5.32 Å². The Morgan fingerprint density at radius 2 is 2.08 bits per heavy atom. The molecule has 1 atom stereocenters. The van der Waals surface area contributed by atoms with Gasteiger partial charge in [-0.2, -0.15) is 4.98 Å². The van der Waals surface area contributed by atoms with Gasteiger partial charge in [-0.3, -0.25) is 4.79 Å². The Morgan fingerprint density at radius 1 is 1.25 bits per heavy atom. The van der Waals surface area contributed by atoms with Gasteiger partial charge in [0.15, 0.2) is 0 Å². The van der Waals surface area contributed by atoms with Gasteiger partial charge in [-0.15, -0.1) is 0 Å². The number of nitrogens with one attached hydrogen (secondary N) is 1. The second-order valence-electron chi connectivity index (χ2n) is 5.16. The van der Waals surface area contributed by atoms with Gasteiger partial charge in [0, 0.05) is 11.3 Å². The summed E-state index contributed by atoms with van der Waals surface area (Å²) in [5, 5.41) is 16.4. The molecule has 0 bridgehead atoms. The second-order valence-corrected chi connectivity index (χ2v) is 5.16. The van der Waals surface area contributed by atoms with Crippen LogP contribution in [0.2, 0.25) is 0 Å². The molecule has 0 spiro atoms. The van der Waals surface area contributed by atoms with Gasteiger partial charge in [0.25, 0.3) is 0 Å². The lowest BCUT2D eigenvalue weighted by Crippen LogP contribution is -2.15. The van der Waals surface area contributed by atoms with Gasteiger partial charge in [0.1, 0.15) is 5.82 Å². The summed E-state index contributed by atoms with van der Waals surface area (Å²) in [6.07, 6.45) is -0.0488. The lowest BCUT2D eigenvalue weighted by molar-refractivity contribution is -0.118. The highest BCUT2D eigenvalue weighted by Crippen LogP contribution is 2.21. The number of nitrogens with zero attached hydrogens (tertiary/aromatic N) is 2. The Morgan fingerprint density at radius 3 is 2.83 bits per heavy atom. The Bertz CT molecular complexity index is 837. The van der Waals surface area contributed by atoms with E-state index in [4.69, 9.17) is 0 Å². The van der Waals surface area contributed by atoms with Gasteiger partial charge in [-0.1, -0.05) is 29.4 Å². The zero-order valence-corrected chi connectivity index (χ0v) is 12.5. The van der Waals surface area contributed by atoms with Gasteiger partial charge in [-0.25, -0.2) is 4.39 Å². The zero-order valence-electron chi connectivity index (χ0n) is 12.5. The van der Waals surface area contributed by atoms with E-state index in [1.165, 1.54) is 24.6 Å². The number of carbonyl (C=O) groups excluding carboxylic acids is 1. The van der Waals surface area contributed by atoms with Crippen LogP contribution in [-0.2, 0) is 4.79 Å². The van der Waals surface area contributed by atoms with E-state index in [2.05, 4.69) is 20.0 Å². The van der Waals surface area contributed by atoms with E-state index >= 15 is 0 Å². The molecule has 7 heteroatoms. The fourth-order valence-electron chi connectivity index (χ4n) is 2.25. The summed E-state index contributed by atoms with van der Waals surface area (Å²) < 4.78 is 17.8. The molecule has 3 rings (SSSR count). The molecular weight excluding hydrogens is 313 g/mol. The van der Waals surface area contributed by atoms with Crippen molar-refractivity contribution in [3.05, 3.63) is 66.3 Å². The molecule has 0 fully saturated rings. The molecule has 122 valence electrons. The smallest absolute Gasteiger partial charge is 0.227 e. The molecule has 2 aromatic carbocycles. The van der Waals surface area contributed by atoms with Crippen LogP contribution in [0.25, 0.3) is 11.4 Å². The van der Waals surface area contributed by atoms with E-state index in [0.717, 1.165) is 0 Å². The third-order valence-corrected chi connectivity index (χ3v) is 3.38. The Hall–Kier alpha value is -3.06. The largest absolute Gasteiger partial charge is 0.388 e. The predicted molar refractivity (Wildman–Crippen MR) is 84.3 cm³/mol. The van der Waals surface area contributed by atoms with Crippen molar-refractivity contribution < 1.29 is 18.8 Å². The van der Waals surface area contributed by atoms with E-state index in [0.29, 0.717) is 22.6 Å². The maximum Gasteiger partial charge on any atom is 0.227 e. The highest BCUT2D eigenvalue weighted by atomic mass is 19.1. The van der Waals surface area contributed by atoms with Crippen molar-refractivity contribution in [1.29, 1.82) is 0 Å². The first-order valence-corrected chi connectivity index (χ1v) is 7.22. The third-order valence-electron chi connectivity index (χ3n) is 3.38. The number of aromatic nitrogens is 2. The molecule has 1 heterocycles. The number of halogens is 1. The number of aliphatic hydroxyl groups excluding tert-OH is 1. The fourth-order valence-corrected chi connectivity index (χ4v) is 2.25. The first-order valence-electron chi connectivity index (χ1n) is 7.22. The first-order chi connectivity index (χ1) is 11.6. The highest BCUT2D eigenvalue weighted by molar-refractivity contribution is 5.91. The van der Waals surface area contributed by atoms with E-state index in [1.54, 1.807) is 30.3 Å². The average Bonchev–Trinajstić information content (AvgIpc) is 3.09. The molecule has 1 aromatic heterocycles. The van der Waals surface area contributed by atoms with E-state index in [9.17, 15) is 14.3 Å². The lowest BCUT2D eigenvalue weighted by atomic mass is 10.1. The van der Waals surface area contributed by atoms with Crippen LogP contribution in [0.3, 0.4) is 0 Å². The number of aliphatic hydroxyl groups is 1. The van der Waals surface area contributed by atoms with Crippen LogP contribution in [0, 0.1) is 5.82 Å². The summed E-state index contributed by atoms with van der Waals surface area (Å²) in [4.78, 5) is 16.0. The second kappa shape index (κ2) is 7.01. The Balaban J connectivity index is 1.66. The SMILES string of the molecule is O=C(CC(O)c1cccc(F)c1)Nc1cccc(-c2ncon2)c1. The fraction of sp³-hybridized carbons (Fsp3) is 0.118. The van der Waals surface area contributed by atoms with Crippen LogP contribution in [-0.4, -0.2) is 21.2 Å². The van der Waals surface area contributed by atoms with E-state index < -0.39 is 17.8 Å². The van der Waals surface area contributed by atoms with Crippen molar-refractivity contribution in [3.8, 4) is 11.4 Å². The lowest BCUT2D eigenvalue weighted by Gasteiger charge is -2.11. The van der Waals surface area contributed by atoms with Gasteiger partial charge in [0.2, 0.25) is 18.1 Å². The number of benzene rings is 2. The van der Waals surface area contributed by atoms with Crippen LogP contribution in [0.1, 0.15) is 18.1 Å². The molecule has 0 radical (unpaired) electrons. The zero-order chi connectivity index (χ0) is 16.9. The van der Waals surface area contributed by atoms with Crippen molar-refractivity contribution in [1.82, 2.24) is 10.1 Å². The first kappa shape index (κ1) is 15.8. The van der Waals surface area contributed by atoms with Crippen molar-refractivity contribution in [2.24, 2.45) is 0 Å². The third kappa shape index (κ3) is 3.82. The summed E-state index contributed by atoms with van der Waals surface area (Å²) in [6.45, 7) is 0. The number of anilines is 1. The molecule has 24 heavy (non-hydrogen) atoms. The van der Waals surface area contributed by atoms with Gasteiger partial charge < -0.3 is 14.9 Å². The Kier molecular flexibility index (Phi) is 4.62. The molecule has 0 aliphatic carbocycles. The summed E-state index contributed by atoms with van der Waals surface area (Å²) in [7, 11) is 0. The maximum absolute atomic E-state index is 13.2. The van der Waals surface area contributed by atoms with Crippen LogP contribution >= 0.6 is 0 Å². The van der Waals surface area contributed by atoms with Gasteiger partial charge in [0.05, 0.1) is 12.5 Å². The quantitative estimate of drug-likeness (QED) is 0.752. The molecule has 0 saturated carbocycles. The monoisotopic (exact) mass is 327 g/mol. The molecule has 1 unspecified atom stereocenters. The molecule has 3 aromatic rings. The number of hydrogen-bond donors (Lipinski definition) is 2. The molecular formula is C17H14FN3O3. The minimum absolute atomic E-state index is 0.185. The number of rotatable bonds is 5.